The first-order chi connectivity index (χ1) is 11.8. The summed E-state index contributed by atoms with van der Waals surface area (Å²) >= 11 is 0. The lowest BCUT2D eigenvalue weighted by atomic mass is 9.98. The highest BCUT2D eigenvalue weighted by molar-refractivity contribution is 6.00. The van der Waals surface area contributed by atoms with Crippen LogP contribution in [0.25, 0.3) is 0 Å². The predicted octanol–water partition coefficient (Wildman–Crippen LogP) is 2.36. The fourth-order valence-corrected chi connectivity index (χ4v) is 3.54. The quantitative estimate of drug-likeness (QED) is 0.870. The van der Waals surface area contributed by atoms with Crippen LogP contribution in [0.5, 0.6) is 0 Å². The number of hydrogen-bond acceptors (Lipinski definition) is 4. The third-order valence-electron chi connectivity index (χ3n) is 5.17. The Morgan fingerprint density at radius 2 is 2.25 bits per heavy atom. The number of nitrogens with one attached hydrogen (secondary N) is 2. The normalized spacial score (nSPS) is 26.3. The minimum Gasteiger partial charge on any atom is -0.384 e. The second kappa shape index (κ2) is 7.11. The van der Waals surface area contributed by atoms with Gasteiger partial charge in [0.1, 0.15) is 0 Å². The van der Waals surface area contributed by atoms with Gasteiger partial charge in [0.15, 0.2) is 0 Å². The van der Waals surface area contributed by atoms with Crippen LogP contribution in [0.4, 0.5) is 5.69 Å². The molecule has 1 amide bonds. The van der Waals surface area contributed by atoms with Crippen LogP contribution in [-0.4, -0.2) is 44.4 Å². The van der Waals surface area contributed by atoms with Gasteiger partial charge in [0.2, 0.25) is 0 Å². The zero-order valence-corrected chi connectivity index (χ0v) is 14.1. The number of fused-ring (bicyclic) bond motifs is 1. The van der Waals surface area contributed by atoms with Crippen molar-refractivity contribution in [1.29, 1.82) is 0 Å². The molecule has 2 heterocycles. The summed E-state index contributed by atoms with van der Waals surface area (Å²) in [5.74, 6) is 0.700. The van der Waals surface area contributed by atoms with E-state index >= 15 is 0 Å². The first-order valence-corrected chi connectivity index (χ1v) is 9.17. The maximum atomic E-state index is 12.8. The molecule has 2 N–H and O–H groups in total. The molecule has 5 heteroatoms. The molecular formula is C19H26N2O3. The van der Waals surface area contributed by atoms with E-state index in [4.69, 9.17) is 9.47 Å². The summed E-state index contributed by atoms with van der Waals surface area (Å²) in [4.78, 5) is 12.8. The van der Waals surface area contributed by atoms with Crippen LogP contribution in [0, 0.1) is 5.92 Å². The van der Waals surface area contributed by atoms with Crippen molar-refractivity contribution in [3.05, 3.63) is 29.3 Å². The number of benzene rings is 1. The third kappa shape index (κ3) is 3.57. The van der Waals surface area contributed by atoms with Crippen molar-refractivity contribution in [2.75, 3.05) is 31.7 Å². The Kier molecular flexibility index (Phi) is 4.72. The van der Waals surface area contributed by atoms with E-state index in [1.807, 2.05) is 12.1 Å². The summed E-state index contributed by atoms with van der Waals surface area (Å²) in [5, 5.41) is 6.54. The van der Waals surface area contributed by atoms with Gasteiger partial charge in [-0.2, -0.15) is 0 Å². The molecule has 0 aromatic heterocycles. The van der Waals surface area contributed by atoms with Gasteiger partial charge in [0, 0.05) is 19.8 Å². The van der Waals surface area contributed by atoms with Crippen molar-refractivity contribution in [2.45, 2.75) is 44.2 Å². The molecule has 5 nitrogen and oxygen atoms in total. The van der Waals surface area contributed by atoms with Gasteiger partial charge in [0.25, 0.3) is 5.91 Å². The maximum absolute atomic E-state index is 12.8. The van der Waals surface area contributed by atoms with E-state index in [-0.39, 0.29) is 18.1 Å². The first-order valence-electron chi connectivity index (χ1n) is 9.17. The standard InChI is InChI=1S/C19H26N2O3/c22-19(15-5-1-3-14-4-2-9-20-18(14)15)21-16-12-23-10-8-17(16)24-11-13-6-7-13/h1,3,5,13,16-17,20H,2,4,6-12H2,(H,21,22)/t16-,17+/m1/s1. The monoisotopic (exact) mass is 330 g/mol. The second-order valence-electron chi connectivity index (χ2n) is 7.13. The van der Waals surface area contributed by atoms with Gasteiger partial charge >= 0.3 is 0 Å². The molecule has 1 saturated carbocycles. The third-order valence-corrected chi connectivity index (χ3v) is 5.17. The van der Waals surface area contributed by atoms with Crippen LogP contribution in [0.1, 0.15) is 41.6 Å². The Morgan fingerprint density at radius 1 is 1.33 bits per heavy atom. The number of carbonyl (C=O) groups is 1. The average molecular weight is 330 g/mol. The second-order valence-corrected chi connectivity index (χ2v) is 7.13. The number of amides is 1. The molecule has 2 aliphatic heterocycles. The van der Waals surface area contributed by atoms with E-state index in [9.17, 15) is 4.79 Å². The summed E-state index contributed by atoms with van der Waals surface area (Å²) in [5.41, 5.74) is 2.96. The fourth-order valence-electron chi connectivity index (χ4n) is 3.54. The van der Waals surface area contributed by atoms with Crippen LogP contribution in [0.3, 0.4) is 0 Å². The summed E-state index contributed by atoms with van der Waals surface area (Å²) in [7, 11) is 0. The van der Waals surface area contributed by atoms with Crippen LogP contribution in [-0.2, 0) is 15.9 Å². The van der Waals surface area contributed by atoms with Gasteiger partial charge in [-0.15, -0.1) is 0 Å². The largest absolute Gasteiger partial charge is 0.384 e. The van der Waals surface area contributed by atoms with Crippen LogP contribution in [0.2, 0.25) is 0 Å². The van der Waals surface area contributed by atoms with Gasteiger partial charge in [-0.25, -0.2) is 0 Å². The number of para-hydroxylation sites is 1. The first kappa shape index (κ1) is 15.9. The maximum Gasteiger partial charge on any atom is 0.253 e. The molecule has 0 radical (unpaired) electrons. The van der Waals surface area contributed by atoms with Crippen LogP contribution >= 0.6 is 0 Å². The highest BCUT2D eigenvalue weighted by Crippen LogP contribution is 2.30. The molecule has 0 unspecified atom stereocenters. The summed E-state index contributed by atoms with van der Waals surface area (Å²) in [6.45, 7) is 2.99. The zero-order valence-electron chi connectivity index (χ0n) is 14.1. The van der Waals surface area contributed by atoms with E-state index in [1.165, 1.54) is 18.4 Å². The van der Waals surface area contributed by atoms with E-state index in [0.29, 0.717) is 13.2 Å². The number of rotatable bonds is 5. The lowest BCUT2D eigenvalue weighted by molar-refractivity contribution is -0.0567. The van der Waals surface area contributed by atoms with Crippen molar-refractivity contribution in [2.24, 2.45) is 5.92 Å². The molecule has 24 heavy (non-hydrogen) atoms. The number of anilines is 1. The molecule has 0 spiro atoms. The Bertz CT molecular complexity index is 600. The zero-order chi connectivity index (χ0) is 16.4. The minimum atomic E-state index is -0.0653. The van der Waals surface area contributed by atoms with E-state index in [1.54, 1.807) is 0 Å². The van der Waals surface area contributed by atoms with Crippen molar-refractivity contribution >= 4 is 11.6 Å². The van der Waals surface area contributed by atoms with Gasteiger partial charge in [-0.3, -0.25) is 4.79 Å². The van der Waals surface area contributed by atoms with Crippen molar-refractivity contribution in [3.8, 4) is 0 Å². The average Bonchev–Trinajstić information content (AvgIpc) is 3.45. The summed E-state index contributed by atoms with van der Waals surface area (Å²) < 4.78 is 11.6. The molecule has 1 aromatic rings. The molecule has 1 aliphatic carbocycles. The smallest absolute Gasteiger partial charge is 0.253 e. The number of ether oxygens (including phenoxy) is 2. The molecular weight excluding hydrogens is 304 g/mol. The number of carbonyl (C=O) groups excluding carboxylic acids is 1. The van der Waals surface area contributed by atoms with Gasteiger partial charge in [-0.1, -0.05) is 12.1 Å². The van der Waals surface area contributed by atoms with Gasteiger partial charge in [-0.05, 0) is 49.7 Å². The highest BCUT2D eigenvalue weighted by Gasteiger charge is 2.31. The predicted molar refractivity (Wildman–Crippen MR) is 92.4 cm³/mol. The van der Waals surface area contributed by atoms with E-state index in [2.05, 4.69) is 16.7 Å². The Labute approximate surface area is 143 Å². The van der Waals surface area contributed by atoms with Crippen LogP contribution in [0.15, 0.2) is 18.2 Å². The van der Waals surface area contributed by atoms with E-state index in [0.717, 1.165) is 49.6 Å². The molecule has 1 aromatic carbocycles. The van der Waals surface area contributed by atoms with E-state index < -0.39 is 0 Å². The number of aryl methyl sites for hydroxylation is 1. The fraction of sp³-hybridized carbons (Fsp3) is 0.632. The molecule has 2 atom stereocenters. The summed E-state index contributed by atoms with van der Waals surface area (Å²) in [6.07, 6.45) is 5.62. The van der Waals surface area contributed by atoms with Gasteiger partial charge in [0.05, 0.1) is 30.0 Å². The highest BCUT2D eigenvalue weighted by atomic mass is 16.5. The number of hydrogen-bond donors (Lipinski definition) is 2. The molecule has 1 saturated heterocycles. The molecule has 130 valence electrons. The Balaban J connectivity index is 1.44. The Hall–Kier alpha value is -1.59. The van der Waals surface area contributed by atoms with Crippen molar-refractivity contribution in [3.63, 3.8) is 0 Å². The Morgan fingerprint density at radius 3 is 3.12 bits per heavy atom. The molecule has 4 rings (SSSR count). The van der Waals surface area contributed by atoms with Crippen molar-refractivity contribution < 1.29 is 14.3 Å². The molecule has 2 fully saturated rings. The van der Waals surface area contributed by atoms with Crippen LogP contribution < -0.4 is 10.6 Å². The summed E-state index contributed by atoms with van der Waals surface area (Å²) in [6, 6.07) is 5.91. The van der Waals surface area contributed by atoms with Gasteiger partial charge < -0.3 is 20.1 Å². The lowest BCUT2D eigenvalue weighted by Crippen LogP contribution is -2.50. The SMILES string of the molecule is O=C(N[C@@H]1COCC[C@@H]1OCC1CC1)c1cccc2c1NCCC2. The molecule has 0 bridgehead atoms. The lowest BCUT2D eigenvalue weighted by Gasteiger charge is -2.32. The van der Waals surface area contributed by atoms with Crippen molar-refractivity contribution in [1.82, 2.24) is 5.32 Å². The molecule has 3 aliphatic rings. The topological polar surface area (TPSA) is 59.6 Å². The minimum absolute atomic E-state index is 0.0308.